The van der Waals surface area contributed by atoms with E-state index in [1.807, 2.05) is 6.08 Å². The van der Waals surface area contributed by atoms with Crippen LogP contribution in [0.5, 0.6) is 0 Å². The van der Waals surface area contributed by atoms with Gasteiger partial charge in [0, 0.05) is 6.04 Å². The van der Waals surface area contributed by atoms with Crippen molar-refractivity contribution in [2.75, 3.05) is 6.54 Å². The van der Waals surface area contributed by atoms with Crippen LogP contribution >= 0.6 is 0 Å². The van der Waals surface area contributed by atoms with Gasteiger partial charge in [-0.1, -0.05) is 38.7 Å². The van der Waals surface area contributed by atoms with Crippen molar-refractivity contribution in [3.05, 3.63) is 12.7 Å². The van der Waals surface area contributed by atoms with Gasteiger partial charge in [0.25, 0.3) is 0 Å². The Labute approximate surface area is 108 Å². The molecule has 1 aliphatic carbocycles. The molecule has 0 aliphatic heterocycles. The second kappa shape index (κ2) is 9.70. The predicted octanol–water partition coefficient (Wildman–Crippen LogP) is 4.68. The highest BCUT2D eigenvalue weighted by atomic mass is 14.9. The molecule has 0 radical (unpaired) electrons. The van der Waals surface area contributed by atoms with Gasteiger partial charge in [-0.25, -0.2) is 0 Å². The number of rotatable bonds is 12. The van der Waals surface area contributed by atoms with Gasteiger partial charge in [-0.2, -0.15) is 0 Å². The second-order valence-corrected chi connectivity index (χ2v) is 5.53. The van der Waals surface area contributed by atoms with Crippen molar-refractivity contribution >= 4 is 0 Å². The van der Waals surface area contributed by atoms with Crippen LogP contribution in [0.4, 0.5) is 0 Å². The van der Waals surface area contributed by atoms with E-state index >= 15 is 0 Å². The summed E-state index contributed by atoms with van der Waals surface area (Å²) in [5.41, 5.74) is 0. The number of hydrogen-bond acceptors (Lipinski definition) is 1. The molecule has 0 aromatic rings. The Hall–Kier alpha value is -0.300. The molecular weight excluding hydrogens is 206 g/mol. The van der Waals surface area contributed by atoms with Gasteiger partial charge in [0.15, 0.2) is 0 Å². The first-order valence-corrected chi connectivity index (χ1v) is 7.72. The largest absolute Gasteiger partial charge is 0.314 e. The second-order valence-electron chi connectivity index (χ2n) is 5.53. The Morgan fingerprint density at radius 1 is 1.18 bits per heavy atom. The van der Waals surface area contributed by atoms with Gasteiger partial charge in [-0.05, 0) is 51.0 Å². The molecular formula is C16H31N. The van der Waals surface area contributed by atoms with Crippen molar-refractivity contribution in [3.8, 4) is 0 Å². The molecule has 0 aromatic heterocycles. The van der Waals surface area contributed by atoms with Gasteiger partial charge in [0.2, 0.25) is 0 Å². The fourth-order valence-electron chi connectivity index (χ4n) is 2.52. The summed E-state index contributed by atoms with van der Waals surface area (Å²) >= 11 is 0. The van der Waals surface area contributed by atoms with Crippen LogP contribution in [0.1, 0.15) is 71.1 Å². The molecule has 0 bridgehead atoms. The summed E-state index contributed by atoms with van der Waals surface area (Å²) < 4.78 is 0. The SMILES string of the molecule is C=CCCCCCCCC(NCCC)C1CC1. The smallest absolute Gasteiger partial charge is 0.00953 e. The van der Waals surface area contributed by atoms with Crippen LogP contribution in [-0.4, -0.2) is 12.6 Å². The van der Waals surface area contributed by atoms with E-state index in [9.17, 15) is 0 Å². The van der Waals surface area contributed by atoms with Gasteiger partial charge in [-0.15, -0.1) is 6.58 Å². The summed E-state index contributed by atoms with van der Waals surface area (Å²) in [4.78, 5) is 0. The fourth-order valence-corrected chi connectivity index (χ4v) is 2.52. The molecule has 1 heteroatoms. The minimum atomic E-state index is 0.836. The average Bonchev–Trinajstić information content (AvgIpc) is 3.16. The number of allylic oxidation sites excluding steroid dienone is 1. The van der Waals surface area contributed by atoms with Crippen molar-refractivity contribution in [1.82, 2.24) is 5.32 Å². The Morgan fingerprint density at radius 3 is 2.53 bits per heavy atom. The molecule has 1 N–H and O–H groups in total. The molecule has 1 fully saturated rings. The summed E-state index contributed by atoms with van der Waals surface area (Å²) in [5, 5.41) is 3.73. The van der Waals surface area contributed by atoms with Crippen LogP contribution in [0.25, 0.3) is 0 Å². The topological polar surface area (TPSA) is 12.0 Å². The zero-order chi connectivity index (χ0) is 12.3. The van der Waals surface area contributed by atoms with Crippen LogP contribution in [0.3, 0.4) is 0 Å². The maximum atomic E-state index is 3.76. The molecule has 0 saturated heterocycles. The standard InChI is InChI=1S/C16H31N/c1-3-5-6-7-8-9-10-11-16(15-12-13-15)17-14-4-2/h3,15-17H,1,4-14H2,2H3. The van der Waals surface area contributed by atoms with E-state index in [-0.39, 0.29) is 0 Å². The van der Waals surface area contributed by atoms with E-state index in [4.69, 9.17) is 0 Å². The predicted molar refractivity (Wildman–Crippen MR) is 77.3 cm³/mol. The normalized spacial score (nSPS) is 17.0. The third kappa shape index (κ3) is 7.59. The third-order valence-corrected chi connectivity index (χ3v) is 3.77. The van der Waals surface area contributed by atoms with Crippen LogP contribution in [0, 0.1) is 5.92 Å². The summed E-state index contributed by atoms with van der Waals surface area (Å²) in [6.45, 7) is 7.23. The molecule has 1 rings (SSSR count). The Morgan fingerprint density at radius 2 is 1.88 bits per heavy atom. The molecule has 1 unspecified atom stereocenters. The molecule has 1 aliphatic rings. The minimum absolute atomic E-state index is 0.836. The van der Waals surface area contributed by atoms with E-state index in [2.05, 4.69) is 18.8 Å². The first-order valence-electron chi connectivity index (χ1n) is 7.72. The quantitative estimate of drug-likeness (QED) is 0.384. The molecule has 1 nitrogen and oxygen atoms in total. The molecule has 1 atom stereocenters. The van der Waals surface area contributed by atoms with Crippen molar-refractivity contribution < 1.29 is 0 Å². The zero-order valence-electron chi connectivity index (χ0n) is 11.7. The van der Waals surface area contributed by atoms with Crippen LogP contribution in [-0.2, 0) is 0 Å². The van der Waals surface area contributed by atoms with Crippen LogP contribution in [0.2, 0.25) is 0 Å². The van der Waals surface area contributed by atoms with Crippen molar-refractivity contribution in [3.63, 3.8) is 0 Å². The summed E-state index contributed by atoms with van der Waals surface area (Å²) in [6, 6.07) is 0.836. The monoisotopic (exact) mass is 237 g/mol. The molecule has 17 heavy (non-hydrogen) atoms. The van der Waals surface area contributed by atoms with Crippen LogP contribution < -0.4 is 5.32 Å². The summed E-state index contributed by atoms with van der Waals surface area (Å²) in [7, 11) is 0. The van der Waals surface area contributed by atoms with E-state index in [0.29, 0.717) is 0 Å². The highest BCUT2D eigenvalue weighted by Crippen LogP contribution is 2.34. The summed E-state index contributed by atoms with van der Waals surface area (Å²) in [5.74, 6) is 1.02. The van der Waals surface area contributed by atoms with Gasteiger partial charge >= 0.3 is 0 Å². The van der Waals surface area contributed by atoms with Crippen LogP contribution in [0.15, 0.2) is 12.7 Å². The maximum Gasteiger partial charge on any atom is 0.00953 e. The molecule has 0 heterocycles. The first kappa shape index (κ1) is 14.8. The van der Waals surface area contributed by atoms with Crippen molar-refractivity contribution in [1.29, 1.82) is 0 Å². The Balaban J connectivity index is 1.93. The molecule has 0 spiro atoms. The van der Waals surface area contributed by atoms with E-state index in [0.717, 1.165) is 12.0 Å². The Kier molecular flexibility index (Phi) is 8.42. The van der Waals surface area contributed by atoms with Gasteiger partial charge in [0.1, 0.15) is 0 Å². The fraction of sp³-hybridized carbons (Fsp3) is 0.875. The Bertz CT molecular complexity index is 184. The number of nitrogens with one attached hydrogen (secondary N) is 1. The van der Waals surface area contributed by atoms with Crippen molar-refractivity contribution in [2.24, 2.45) is 5.92 Å². The van der Waals surface area contributed by atoms with E-state index in [1.165, 1.54) is 70.8 Å². The van der Waals surface area contributed by atoms with Gasteiger partial charge < -0.3 is 5.32 Å². The van der Waals surface area contributed by atoms with E-state index in [1.54, 1.807) is 0 Å². The lowest BCUT2D eigenvalue weighted by Crippen LogP contribution is -2.31. The maximum absolute atomic E-state index is 3.76. The molecule has 0 aromatic carbocycles. The lowest BCUT2D eigenvalue weighted by molar-refractivity contribution is 0.415. The minimum Gasteiger partial charge on any atom is -0.314 e. The molecule has 0 amide bonds. The van der Waals surface area contributed by atoms with Gasteiger partial charge in [0.05, 0.1) is 0 Å². The number of unbranched alkanes of at least 4 members (excludes halogenated alkanes) is 5. The average molecular weight is 237 g/mol. The third-order valence-electron chi connectivity index (χ3n) is 3.77. The van der Waals surface area contributed by atoms with Crippen molar-refractivity contribution in [2.45, 2.75) is 77.2 Å². The molecule has 100 valence electrons. The lowest BCUT2D eigenvalue weighted by Gasteiger charge is -2.17. The zero-order valence-corrected chi connectivity index (χ0v) is 11.7. The summed E-state index contributed by atoms with van der Waals surface area (Å²) in [6.07, 6.45) is 15.9. The van der Waals surface area contributed by atoms with Gasteiger partial charge in [-0.3, -0.25) is 0 Å². The van der Waals surface area contributed by atoms with E-state index < -0.39 is 0 Å². The highest BCUT2D eigenvalue weighted by molar-refractivity contribution is 4.86. The highest BCUT2D eigenvalue weighted by Gasteiger charge is 2.29. The molecule has 1 saturated carbocycles. The lowest BCUT2D eigenvalue weighted by atomic mass is 10.0. The number of hydrogen-bond donors (Lipinski definition) is 1. The first-order chi connectivity index (χ1) is 8.38.